The van der Waals surface area contributed by atoms with Crippen molar-refractivity contribution in [3.8, 4) is 0 Å². The summed E-state index contributed by atoms with van der Waals surface area (Å²) < 4.78 is 41.3. The molecule has 3 aliphatic rings. The lowest BCUT2D eigenvalue weighted by Gasteiger charge is -2.34. The molecular weight excluding hydrogens is 403 g/mol. The SMILES string of the molecule is CS(=O)(=O)C1(F)CC(c2ccccc2)=CC=C1C(=O)N1CCCC1CN1CCCC1. The van der Waals surface area contributed by atoms with Gasteiger partial charge in [0.1, 0.15) is 0 Å². The zero-order valence-electron chi connectivity index (χ0n) is 17.4. The molecule has 2 fully saturated rings. The van der Waals surface area contributed by atoms with Gasteiger partial charge in [0, 0.05) is 31.8 Å². The third kappa shape index (κ3) is 3.97. The average Bonchev–Trinajstić information content (AvgIpc) is 3.40. The summed E-state index contributed by atoms with van der Waals surface area (Å²) in [6.45, 7) is 3.38. The second-order valence-electron chi connectivity index (χ2n) is 8.62. The van der Waals surface area contributed by atoms with Gasteiger partial charge in [0.15, 0.2) is 9.84 Å². The van der Waals surface area contributed by atoms with E-state index in [2.05, 4.69) is 4.90 Å². The number of amides is 1. The second kappa shape index (κ2) is 8.27. The van der Waals surface area contributed by atoms with E-state index in [1.54, 1.807) is 11.0 Å². The van der Waals surface area contributed by atoms with Gasteiger partial charge in [-0.15, -0.1) is 0 Å². The standard InChI is InChI=1S/C23H29FN2O3S/c1-30(28,29)23(24)16-19(18-8-3-2-4-9-18)11-12-21(23)22(27)26-15-7-10-20(26)17-25-13-5-6-14-25/h2-4,8-9,11-12,20H,5-7,10,13-17H2,1H3. The van der Waals surface area contributed by atoms with Crippen LogP contribution in [-0.2, 0) is 14.6 Å². The molecule has 30 heavy (non-hydrogen) atoms. The number of benzene rings is 1. The number of carbonyl (C=O) groups is 1. The van der Waals surface area contributed by atoms with Crippen LogP contribution >= 0.6 is 0 Å². The number of nitrogens with zero attached hydrogens (tertiary/aromatic N) is 2. The maximum absolute atomic E-state index is 16.2. The summed E-state index contributed by atoms with van der Waals surface area (Å²) in [7, 11) is -4.16. The van der Waals surface area contributed by atoms with Crippen molar-refractivity contribution < 1.29 is 17.6 Å². The number of halogens is 1. The molecule has 0 N–H and O–H groups in total. The van der Waals surface area contributed by atoms with E-state index in [1.165, 1.54) is 18.9 Å². The molecule has 2 atom stereocenters. The van der Waals surface area contributed by atoms with E-state index < -0.39 is 20.7 Å². The van der Waals surface area contributed by atoms with Crippen LogP contribution in [-0.4, -0.2) is 67.6 Å². The Morgan fingerprint density at radius 1 is 1.10 bits per heavy atom. The normalized spacial score (nSPS) is 27.8. The lowest BCUT2D eigenvalue weighted by atomic mass is 9.90. The molecule has 0 saturated carbocycles. The highest BCUT2D eigenvalue weighted by Crippen LogP contribution is 2.42. The predicted molar refractivity (Wildman–Crippen MR) is 116 cm³/mol. The molecule has 0 spiro atoms. The van der Waals surface area contributed by atoms with Crippen molar-refractivity contribution in [2.75, 3.05) is 32.4 Å². The molecule has 162 valence electrons. The highest BCUT2D eigenvalue weighted by molar-refractivity contribution is 7.92. The smallest absolute Gasteiger partial charge is 0.254 e. The largest absolute Gasteiger partial charge is 0.335 e. The summed E-state index contributed by atoms with van der Waals surface area (Å²) >= 11 is 0. The van der Waals surface area contributed by atoms with Gasteiger partial charge in [-0.1, -0.05) is 36.4 Å². The van der Waals surface area contributed by atoms with Gasteiger partial charge in [0.05, 0.1) is 5.57 Å². The van der Waals surface area contributed by atoms with Crippen LogP contribution in [0.2, 0.25) is 0 Å². The minimum Gasteiger partial charge on any atom is -0.335 e. The van der Waals surface area contributed by atoms with Gasteiger partial charge < -0.3 is 9.80 Å². The van der Waals surface area contributed by atoms with Crippen LogP contribution in [0.25, 0.3) is 5.57 Å². The molecule has 7 heteroatoms. The van der Waals surface area contributed by atoms with Crippen LogP contribution in [0.1, 0.15) is 37.7 Å². The van der Waals surface area contributed by atoms with Crippen molar-refractivity contribution >= 4 is 21.3 Å². The van der Waals surface area contributed by atoms with E-state index in [1.807, 2.05) is 30.3 Å². The van der Waals surface area contributed by atoms with E-state index >= 15 is 4.39 Å². The fourth-order valence-corrected chi connectivity index (χ4v) is 5.80. The number of alkyl halides is 1. The number of hydrogen-bond donors (Lipinski definition) is 0. The number of carbonyl (C=O) groups excluding carboxylic acids is 1. The number of rotatable bonds is 5. The Kier molecular flexibility index (Phi) is 5.86. The van der Waals surface area contributed by atoms with Gasteiger partial charge in [-0.2, -0.15) is 0 Å². The number of sulfone groups is 1. The first-order valence-corrected chi connectivity index (χ1v) is 12.6. The Bertz CT molecular complexity index is 967. The van der Waals surface area contributed by atoms with Crippen LogP contribution in [0.4, 0.5) is 4.39 Å². The molecule has 2 unspecified atom stereocenters. The van der Waals surface area contributed by atoms with Crippen LogP contribution in [0.3, 0.4) is 0 Å². The Labute approximate surface area is 178 Å². The molecule has 1 aromatic rings. The van der Waals surface area contributed by atoms with E-state index in [-0.39, 0.29) is 18.0 Å². The van der Waals surface area contributed by atoms with Crippen molar-refractivity contribution in [2.24, 2.45) is 0 Å². The van der Waals surface area contributed by atoms with Gasteiger partial charge in [0.2, 0.25) is 5.00 Å². The molecule has 0 radical (unpaired) electrons. The van der Waals surface area contributed by atoms with Crippen molar-refractivity contribution in [3.63, 3.8) is 0 Å². The highest BCUT2D eigenvalue weighted by atomic mass is 32.2. The van der Waals surface area contributed by atoms with Gasteiger partial charge in [0.25, 0.3) is 5.91 Å². The number of hydrogen-bond acceptors (Lipinski definition) is 4. The topological polar surface area (TPSA) is 57.7 Å². The number of likely N-dealkylation sites (tertiary alicyclic amines) is 2. The Balaban J connectivity index is 1.64. The monoisotopic (exact) mass is 432 g/mol. The first kappa shape index (κ1) is 21.2. The molecule has 2 aliphatic heterocycles. The molecule has 2 saturated heterocycles. The molecule has 0 bridgehead atoms. The third-order valence-electron chi connectivity index (χ3n) is 6.54. The summed E-state index contributed by atoms with van der Waals surface area (Å²) in [5.41, 5.74) is 1.09. The van der Waals surface area contributed by atoms with Gasteiger partial charge >= 0.3 is 0 Å². The predicted octanol–water partition coefficient (Wildman–Crippen LogP) is 3.20. The van der Waals surface area contributed by atoms with Crippen molar-refractivity contribution in [1.82, 2.24) is 9.80 Å². The van der Waals surface area contributed by atoms with Crippen LogP contribution < -0.4 is 0 Å². The lowest BCUT2D eigenvalue weighted by molar-refractivity contribution is -0.129. The number of allylic oxidation sites excluding steroid dienone is 3. The zero-order chi connectivity index (χ0) is 21.4. The summed E-state index contributed by atoms with van der Waals surface area (Å²) in [5, 5.41) is -2.72. The highest BCUT2D eigenvalue weighted by Gasteiger charge is 2.51. The van der Waals surface area contributed by atoms with E-state index in [0.29, 0.717) is 12.1 Å². The average molecular weight is 433 g/mol. The minimum atomic E-state index is -4.16. The third-order valence-corrected chi connectivity index (χ3v) is 8.08. The quantitative estimate of drug-likeness (QED) is 0.717. The molecule has 2 heterocycles. The summed E-state index contributed by atoms with van der Waals surface area (Å²) in [6.07, 6.45) is 7.68. The fraction of sp³-hybridized carbons (Fsp3) is 0.522. The molecule has 4 rings (SSSR count). The second-order valence-corrected chi connectivity index (χ2v) is 10.8. The maximum atomic E-state index is 16.2. The van der Waals surface area contributed by atoms with Gasteiger partial charge in [-0.25, -0.2) is 12.8 Å². The fourth-order valence-electron chi connectivity index (χ4n) is 4.83. The molecule has 1 aliphatic carbocycles. The van der Waals surface area contributed by atoms with Crippen molar-refractivity contribution in [1.29, 1.82) is 0 Å². The first-order chi connectivity index (χ1) is 14.3. The lowest BCUT2D eigenvalue weighted by Crippen LogP contribution is -2.48. The maximum Gasteiger partial charge on any atom is 0.254 e. The summed E-state index contributed by atoms with van der Waals surface area (Å²) in [5.74, 6) is -0.479. The first-order valence-electron chi connectivity index (χ1n) is 10.7. The van der Waals surface area contributed by atoms with Crippen LogP contribution in [0, 0.1) is 0 Å². The molecule has 1 amide bonds. The van der Waals surface area contributed by atoms with Crippen LogP contribution in [0.15, 0.2) is 48.1 Å². The molecule has 1 aromatic carbocycles. The molecular formula is C23H29FN2O3S. The summed E-state index contributed by atoms with van der Waals surface area (Å²) in [6, 6.07) is 9.16. The van der Waals surface area contributed by atoms with Crippen molar-refractivity contribution in [3.05, 3.63) is 53.6 Å². The van der Waals surface area contributed by atoms with Gasteiger partial charge in [-0.05, 0) is 56.0 Å². The molecule has 5 nitrogen and oxygen atoms in total. The van der Waals surface area contributed by atoms with Gasteiger partial charge in [-0.3, -0.25) is 4.79 Å². The van der Waals surface area contributed by atoms with Crippen LogP contribution in [0.5, 0.6) is 0 Å². The van der Waals surface area contributed by atoms with E-state index in [4.69, 9.17) is 0 Å². The molecule has 0 aromatic heterocycles. The Morgan fingerprint density at radius 3 is 2.47 bits per heavy atom. The Hall–Kier alpha value is -1.99. The Morgan fingerprint density at radius 2 is 1.80 bits per heavy atom. The summed E-state index contributed by atoms with van der Waals surface area (Å²) in [4.78, 5) is 17.4. The zero-order valence-corrected chi connectivity index (χ0v) is 18.2. The van der Waals surface area contributed by atoms with E-state index in [9.17, 15) is 13.2 Å². The van der Waals surface area contributed by atoms with E-state index in [0.717, 1.165) is 44.3 Å². The van der Waals surface area contributed by atoms with Crippen molar-refractivity contribution in [2.45, 2.75) is 43.1 Å². The minimum absolute atomic E-state index is 0.0137.